The van der Waals surface area contributed by atoms with E-state index in [1.807, 2.05) is 0 Å². The van der Waals surface area contributed by atoms with Gasteiger partial charge in [0.25, 0.3) is 0 Å². The van der Waals surface area contributed by atoms with E-state index in [1.54, 1.807) is 12.1 Å². The minimum absolute atomic E-state index is 0.0466. The second kappa shape index (κ2) is 5.83. The molecular formula is C13H9BrF4OS. The topological polar surface area (TPSA) is 20.2 Å². The highest BCUT2D eigenvalue weighted by Gasteiger charge is 2.35. The molecule has 1 nitrogen and oxygen atoms in total. The molecule has 1 aromatic carbocycles. The first-order valence-electron chi connectivity index (χ1n) is 5.56. The summed E-state index contributed by atoms with van der Waals surface area (Å²) in [7, 11) is 0. The van der Waals surface area contributed by atoms with Crippen molar-refractivity contribution >= 4 is 27.3 Å². The first-order valence-corrected chi connectivity index (χ1v) is 7.17. The van der Waals surface area contributed by atoms with Crippen molar-refractivity contribution in [3.8, 4) is 0 Å². The third-order valence-electron chi connectivity index (χ3n) is 2.70. The van der Waals surface area contributed by atoms with Crippen LogP contribution in [-0.2, 0) is 12.6 Å². The smallest absolute Gasteiger partial charge is 0.388 e. The van der Waals surface area contributed by atoms with Crippen molar-refractivity contribution in [2.24, 2.45) is 0 Å². The van der Waals surface area contributed by atoms with Gasteiger partial charge in [0, 0.05) is 11.3 Å². The van der Waals surface area contributed by atoms with E-state index >= 15 is 0 Å². The Bertz CT molecular complexity index is 609. The molecule has 20 heavy (non-hydrogen) atoms. The van der Waals surface area contributed by atoms with Crippen molar-refractivity contribution in [2.75, 3.05) is 0 Å². The van der Waals surface area contributed by atoms with Crippen molar-refractivity contribution < 1.29 is 22.7 Å². The Labute approximate surface area is 125 Å². The van der Waals surface area contributed by atoms with Gasteiger partial charge in [0.2, 0.25) is 0 Å². The van der Waals surface area contributed by atoms with E-state index in [9.17, 15) is 22.7 Å². The quantitative estimate of drug-likeness (QED) is 0.760. The Morgan fingerprint density at radius 3 is 2.45 bits per heavy atom. The Kier molecular flexibility index (Phi) is 4.51. The van der Waals surface area contributed by atoms with Gasteiger partial charge in [-0.2, -0.15) is 13.2 Å². The molecule has 0 amide bonds. The first kappa shape index (κ1) is 15.5. The van der Waals surface area contributed by atoms with Crippen LogP contribution in [0.2, 0.25) is 0 Å². The van der Waals surface area contributed by atoms with Gasteiger partial charge in [0.05, 0.1) is 15.5 Å². The van der Waals surface area contributed by atoms with E-state index < -0.39 is 23.7 Å². The van der Waals surface area contributed by atoms with Crippen LogP contribution in [0.4, 0.5) is 17.6 Å². The van der Waals surface area contributed by atoms with Gasteiger partial charge in [-0.1, -0.05) is 6.07 Å². The predicted octanol–water partition coefficient (Wildman–Crippen LogP) is 4.94. The molecular weight excluding hydrogens is 360 g/mol. The van der Waals surface area contributed by atoms with Gasteiger partial charge < -0.3 is 5.11 Å². The van der Waals surface area contributed by atoms with Gasteiger partial charge in [-0.05, 0) is 45.8 Å². The zero-order valence-electron chi connectivity index (χ0n) is 9.92. The molecule has 7 heteroatoms. The lowest BCUT2D eigenvalue weighted by Crippen LogP contribution is -2.13. The van der Waals surface area contributed by atoms with Crippen LogP contribution in [0.15, 0.2) is 34.1 Å². The predicted molar refractivity (Wildman–Crippen MR) is 72.1 cm³/mol. The highest BCUT2D eigenvalue weighted by molar-refractivity contribution is 9.11. The molecule has 0 aliphatic rings. The molecule has 0 spiro atoms. The standard InChI is InChI=1S/C13H9BrF4OS/c14-12-4-2-8(20-12)6-11(19)9-3-1-7(15)5-10(9)13(16,17)18/h1-5,11,19H,6H2. The number of aliphatic hydroxyl groups excluding tert-OH is 1. The summed E-state index contributed by atoms with van der Waals surface area (Å²) in [6.07, 6.45) is -5.99. The molecule has 2 rings (SSSR count). The summed E-state index contributed by atoms with van der Waals surface area (Å²) in [6, 6.07) is 5.77. The van der Waals surface area contributed by atoms with E-state index in [1.165, 1.54) is 11.3 Å². The summed E-state index contributed by atoms with van der Waals surface area (Å²) in [5.41, 5.74) is -1.45. The van der Waals surface area contributed by atoms with Crippen molar-refractivity contribution in [1.29, 1.82) is 0 Å². The highest BCUT2D eigenvalue weighted by atomic mass is 79.9. The minimum Gasteiger partial charge on any atom is -0.388 e. The summed E-state index contributed by atoms with van der Waals surface area (Å²) in [4.78, 5) is 0.738. The number of rotatable bonds is 3. The van der Waals surface area contributed by atoms with Crippen molar-refractivity contribution in [2.45, 2.75) is 18.7 Å². The fourth-order valence-corrected chi connectivity index (χ4v) is 3.35. The number of alkyl halides is 3. The SMILES string of the molecule is OC(Cc1ccc(Br)s1)c1ccc(F)cc1C(F)(F)F. The summed E-state index contributed by atoms with van der Waals surface area (Å²) >= 11 is 4.57. The Morgan fingerprint density at radius 1 is 1.20 bits per heavy atom. The fraction of sp³-hybridized carbons (Fsp3) is 0.231. The molecule has 2 aromatic rings. The molecule has 1 N–H and O–H groups in total. The van der Waals surface area contributed by atoms with Crippen LogP contribution >= 0.6 is 27.3 Å². The van der Waals surface area contributed by atoms with E-state index in [-0.39, 0.29) is 12.0 Å². The zero-order valence-corrected chi connectivity index (χ0v) is 12.3. The van der Waals surface area contributed by atoms with Crippen LogP contribution in [0.25, 0.3) is 0 Å². The zero-order chi connectivity index (χ0) is 14.9. The van der Waals surface area contributed by atoms with Gasteiger partial charge in [-0.3, -0.25) is 0 Å². The normalized spacial score (nSPS) is 13.5. The molecule has 1 atom stereocenters. The monoisotopic (exact) mass is 368 g/mol. The van der Waals surface area contributed by atoms with Crippen LogP contribution in [0.1, 0.15) is 22.1 Å². The maximum absolute atomic E-state index is 13.0. The second-order valence-electron chi connectivity index (χ2n) is 4.16. The third-order valence-corrected chi connectivity index (χ3v) is 4.35. The molecule has 0 aliphatic carbocycles. The lowest BCUT2D eigenvalue weighted by atomic mass is 9.99. The van der Waals surface area contributed by atoms with Crippen LogP contribution in [0.5, 0.6) is 0 Å². The Morgan fingerprint density at radius 2 is 1.90 bits per heavy atom. The average Bonchev–Trinajstić information content (AvgIpc) is 2.73. The number of thiophene rings is 1. The maximum Gasteiger partial charge on any atom is 0.416 e. The Hall–Kier alpha value is -0.920. The number of halogens is 5. The largest absolute Gasteiger partial charge is 0.416 e. The van der Waals surface area contributed by atoms with E-state index in [0.29, 0.717) is 6.07 Å². The number of aliphatic hydroxyl groups is 1. The van der Waals surface area contributed by atoms with Crippen LogP contribution in [0.3, 0.4) is 0 Å². The number of benzene rings is 1. The van der Waals surface area contributed by atoms with Gasteiger partial charge in [-0.25, -0.2) is 4.39 Å². The Balaban J connectivity index is 2.32. The van der Waals surface area contributed by atoms with Crippen LogP contribution in [-0.4, -0.2) is 5.11 Å². The van der Waals surface area contributed by atoms with Crippen LogP contribution in [0, 0.1) is 5.82 Å². The number of hydrogen-bond acceptors (Lipinski definition) is 2. The fourth-order valence-electron chi connectivity index (χ4n) is 1.83. The second-order valence-corrected chi connectivity index (χ2v) is 6.70. The average molecular weight is 369 g/mol. The van der Waals surface area contributed by atoms with Gasteiger partial charge in [-0.15, -0.1) is 11.3 Å². The van der Waals surface area contributed by atoms with Crippen molar-refractivity contribution in [3.63, 3.8) is 0 Å². The molecule has 1 aromatic heterocycles. The third kappa shape index (κ3) is 3.59. The molecule has 1 heterocycles. The van der Waals surface area contributed by atoms with Gasteiger partial charge in [0.1, 0.15) is 5.82 Å². The maximum atomic E-state index is 13.0. The summed E-state index contributed by atoms with van der Waals surface area (Å²) in [5.74, 6) is -0.979. The first-order chi connectivity index (χ1) is 9.27. The lowest BCUT2D eigenvalue weighted by molar-refractivity contribution is -0.139. The van der Waals surface area contributed by atoms with E-state index in [4.69, 9.17) is 0 Å². The number of hydrogen-bond donors (Lipinski definition) is 1. The van der Waals surface area contributed by atoms with E-state index in [2.05, 4.69) is 15.9 Å². The molecule has 108 valence electrons. The molecule has 0 fully saturated rings. The molecule has 0 radical (unpaired) electrons. The van der Waals surface area contributed by atoms with Crippen molar-refractivity contribution in [1.82, 2.24) is 0 Å². The summed E-state index contributed by atoms with van der Waals surface area (Å²) in [6.45, 7) is 0. The minimum atomic E-state index is -4.70. The molecule has 1 unspecified atom stereocenters. The van der Waals surface area contributed by atoms with Crippen molar-refractivity contribution in [3.05, 3.63) is 55.9 Å². The lowest BCUT2D eigenvalue weighted by Gasteiger charge is -2.17. The molecule has 0 saturated heterocycles. The van der Waals surface area contributed by atoms with E-state index in [0.717, 1.165) is 20.8 Å². The van der Waals surface area contributed by atoms with Gasteiger partial charge >= 0.3 is 6.18 Å². The summed E-state index contributed by atoms with van der Waals surface area (Å²) in [5, 5.41) is 9.99. The molecule has 0 saturated carbocycles. The molecule has 0 aliphatic heterocycles. The molecule has 0 bridgehead atoms. The van der Waals surface area contributed by atoms with Crippen LogP contribution < -0.4 is 0 Å². The van der Waals surface area contributed by atoms with Gasteiger partial charge in [0.15, 0.2) is 0 Å². The summed E-state index contributed by atoms with van der Waals surface area (Å²) < 4.78 is 52.4. The highest BCUT2D eigenvalue weighted by Crippen LogP contribution is 2.36.